The first-order valence-corrected chi connectivity index (χ1v) is 8.44. The van der Waals surface area contributed by atoms with Crippen molar-refractivity contribution in [3.63, 3.8) is 0 Å². The third-order valence-corrected chi connectivity index (χ3v) is 4.92. The van der Waals surface area contributed by atoms with Crippen molar-refractivity contribution >= 4 is 11.8 Å². The Bertz CT molecular complexity index is 547. The fourth-order valence-corrected chi connectivity index (χ4v) is 3.27. The van der Waals surface area contributed by atoms with E-state index in [-0.39, 0.29) is 17.7 Å². The molecule has 0 bridgehead atoms. The van der Waals surface area contributed by atoms with Crippen LogP contribution in [0, 0.1) is 5.92 Å². The maximum absolute atomic E-state index is 12.4. The van der Waals surface area contributed by atoms with Crippen LogP contribution in [0.5, 0.6) is 0 Å². The molecule has 5 nitrogen and oxygen atoms in total. The average Bonchev–Trinajstić information content (AvgIpc) is 2.52. The molecule has 2 aliphatic heterocycles. The summed E-state index contributed by atoms with van der Waals surface area (Å²) in [5.41, 5.74) is 1.37. The normalized spacial score (nSPS) is 19.5. The van der Waals surface area contributed by atoms with Crippen LogP contribution in [0.1, 0.15) is 12.5 Å². The molecule has 0 saturated carbocycles. The Hall–Kier alpha value is -1.88. The second-order valence-corrected chi connectivity index (χ2v) is 6.52. The number of hydrogen-bond donors (Lipinski definition) is 0. The van der Waals surface area contributed by atoms with Crippen molar-refractivity contribution in [2.75, 3.05) is 45.8 Å². The van der Waals surface area contributed by atoms with Gasteiger partial charge in [0.25, 0.3) is 0 Å². The van der Waals surface area contributed by atoms with Gasteiger partial charge in [0, 0.05) is 52.7 Å². The van der Waals surface area contributed by atoms with E-state index in [0.29, 0.717) is 13.1 Å². The number of amides is 2. The van der Waals surface area contributed by atoms with Crippen LogP contribution >= 0.6 is 0 Å². The molecule has 0 aromatic heterocycles. The van der Waals surface area contributed by atoms with Crippen LogP contribution in [0.25, 0.3) is 0 Å². The number of carbonyl (C=O) groups excluding carboxylic acids is 2. The molecule has 2 aliphatic rings. The Balaban J connectivity index is 1.39. The minimum Gasteiger partial charge on any atom is -0.341 e. The summed E-state index contributed by atoms with van der Waals surface area (Å²) in [6, 6.07) is 10.5. The monoisotopic (exact) mass is 315 g/mol. The molecule has 0 N–H and O–H groups in total. The van der Waals surface area contributed by atoms with Gasteiger partial charge >= 0.3 is 0 Å². The van der Waals surface area contributed by atoms with Gasteiger partial charge in [0.05, 0.1) is 5.92 Å². The van der Waals surface area contributed by atoms with E-state index in [1.165, 1.54) is 5.56 Å². The van der Waals surface area contributed by atoms with Gasteiger partial charge in [-0.05, 0) is 12.0 Å². The van der Waals surface area contributed by atoms with E-state index in [4.69, 9.17) is 0 Å². The second-order valence-electron chi connectivity index (χ2n) is 6.52. The molecule has 0 unspecified atom stereocenters. The zero-order chi connectivity index (χ0) is 16.2. The fourth-order valence-electron chi connectivity index (χ4n) is 3.27. The molecule has 1 aromatic carbocycles. The lowest BCUT2D eigenvalue weighted by molar-refractivity contribution is -0.148. The first kappa shape index (κ1) is 16.0. The molecule has 23 heavy (non-hydrogen) atoms. The number of hydrogen-bond acceptors (Lipinski definition) is 3. The SMILES string of the molecule is CC(=O)N1CC(C(=O)N2CCN(CCc3ccccc3)CC2)C1. The first-order chi connectivity index (χ1) is 11.1. The maximum Gasteiger partial charge on any atom is 0.229 e. The maximum atomic E-state index is 12.4. The minimum atomic E-state index is 0.0229. The van der Waals surface area contributed by atoms with Crippen LogP contribution < -0.4 is 0 Å². The van der Waals surface area contributed by atoms with Gasteiger partial charge in [-0.2, -0.15) is 0 Å². The van der Waals surface area contributed by atoms with Crippen molar-refractivity contribution in [1.82, 2.24) is 14.7 Å². The number of nitrogens with zero attached hydrogens (tertiary/aromatic N) is 3. The van der Waals surface area contributed by atoms with E-state index in [1.54, 1.807) is 11.8 Å². The molecule has 2 saturated heterocycles. The molecule has 3 rings (SSSR count). The predicted molar refractivity (Wildman–Crippen MR) is 88.9 cm³/mol. The van der Waals surface area contributed by atoms with Crippen LogP contribution in [0.3, 0.4) is 0 Å². The first-order valence-electron chi connectivity index (χ1n) is 8.44. The Morgan fingerprint density at radius 2 is 1.65 bits per heavy atom. The lowest BCUT2D eigenvalue weighted by Crippen LogP contribution is -2.58. The standard InChI is InChI=1S/C18H25N3O2/c1-15(22)21-13-17(14-21)18(23)20-11-9-19(10-12-20)8-7-16-5-3-2-4-6-16/h2-6,17H,7-14H2,1H3. The molecular formula is C18H25N3O2. The topological polar surface area (TPSA) is 43.9 Å². The van der Waals surface area contributed by atoms with Crippen molar-refractivity contribution in [3.05, 3.63) is 35.9 Å². The molecule has 124 valence electrons. The van der Waals surface area contributed by atoms with Crippen LogP contribution in [0.15, 0.2) is 30.3 Å². The zero-order valence-electron chi connectivity index (χ0n) is 13.8. The molecule has 0 radical (unpaired) electrons. The molecule has 2 fully saturated rings. The highest BCUT2D eigenvalue weighted by atomic mass is 16.2. The number of carbonyl (C=O) groups is 2. The Morgan fingerprint density at radius 3 is 2.26 bits per heavy atom. The lowest BCUT2D eigenvalue weighted by Gasteiger charge is -2.42. The van der Waals surface area contributed by atoms with Gasteiger partial charge in [-0.3, -0.25) is 14.5 Å². The Morgan fingerprint density at radius 1 is 1.00 bits per heavy atom. The molecule has 0 atom stereocenters. The summed E-state index contributed by atoms with van der Waals surface area (Å²) in [6.07, 6.45) is 1.06. The van der Waals surface area contributed by atoms with Crippen molar-refractivity contribution in [2.24, 2.45) is 5.92 Å². The summed E-state index contributed by atoms with van der Waals surface area (Å²) in [7, 11) is 0. The molecule has 0 aliphatic carbocycles. The Labute approximate surface area is 137 Å². The van der Waals surface area contributed by atoms with Crippen molar-refractivity contribution < 1.29 is 9.59 Å². The third kappa shape index (κ3) is 3.91. The fraction of sp³-hybridized carbons (Fsp3) is 0.556. The van der Waals surface area contributed by atoms with E-state index in [9.17, 15) is 9.59 Å². The van der Waals surface area contributed by atoms with Crippen LogP contribution in [-0.2, 0) is 16.0 Å². The minimum absolute atomic E-state index is 0.0229. The quantitative estimate of drug-likeness (QED) is 0.827. The molecule has 0 spiro atoms. The highest BCUT2D eigenvalue weighted by Crippen LogP contribution is 2.19. The van der Waals surface area contributed by atoms with Gasteiger partial charge < -0.3 is 9.80 Å². The summed E-state index contributed by atoms with van der Waals surface area (Å²) < 4.78 is 0. The number of benzene rings is 1. The lowest BCUT2D eigenvalue weighted by atomic mass is 9.98. The summed E-state index contributed by atoms with van der Waals surface area (Å²) in [6.45, 7) is 7.32. The van der Waals surface area contributed by atoms with Gasteiger partial charge in [-0.25, -0.2) is 0 Å². The van der Waals surface area contributed by atoms with Gasteiger partial charge in [-0.15, -0.1) is 0 Å². The van der Waals surface area contributed by atoms with Crippen molar-refractivity contribution in [2.45, 2.75) is 13.3 Å². The summed E-state index contributed by atoms with van der Waals surface area (Å²) in [5.74, 6) is 0.319. The van der Waals surface area contributed by atoms with E-state index < -0.39 is 0 Å². The average molecular weight is 315 g/mol. The third-order valence-electron chi connectivity index (χ3n) is 4.92. The highest BCUT2D eigenvalue weighted by molar-refractivity contribution is 5.83. The van der Waals surface area contributed by atoms with Gasteiger partial charge in [0.2, 0.25) is 11.8 Å². The summed E-state index contributed by atoms with van der Waals surface area (Å²) in [4.78, 5) is 29.7. The van der Waals surface area contributed by atoms with Crippen LogP contribution in [0.2, 0.25) is 0 Å². The van der Waals surface area contributed by atoms with Crippen LogP contribution in [0.4, 0.5) is 0 Å². The molecule has 1 aromatic rings. The van der Waals surface area contributed by atoms with Crippen molar-refractivity contribution in [1.29, 1.82) is 0 Å². The second kappa shape index (κ2) is 7.13. The molecule has 5 heteroatoms. The molecule has 2 amide bonds. The Kier molecular flexibility index (Phi) is 4.96. The van der Waals surface area contributed by atoms with Crippen molar-refractivity contribution in [3.8, 4) is 0 Å². The van der Waals surface area contributed by atoms with Crippen LogP contribution in [-0.4, -0.2) is 72.3 Å². The number of likely N-dealkylation sites (tertiary alicyclic amines) is 1. The highest BCUT2D eigenvalue weighted by Gasteiger charge is 2.37. The largest absolute Gasteiger partial charge is 0.341 e. The summed E-state index contributed by atoms with van der Waals surface area (Å²) in [5, 5.41) is 0. The van der Waals surface area contributed by atoms with Gasteiger partial charge in [0.1, 0.15) is 0 Å². The number of rotatable bonds is 4. The zero-order valence-corrected chi connectivity index (χ0v) is 13.8. The molecular weight excluding hydrogens is 290 g/mol. The van der Waals surface area contributed by atoms with Gasteiger partial charge in [0.15, 0.2) is 0 Å². The van der Waals surface area contributed by atoms with E-state index in [2.05, 4.69) is 29.2 Å². The smallest absolute Gasteiger partial charge is 0.229 e. The summed E-state index contributed by atoms with van der Waals surface area (Å²) >= 11 is 0. The van der Waals surface area contributed by atoms with E-state index >= 15 is 0 Å². The van der Waals surface area contributed by atoms with Gasteiger partial charge in [-0.1, -0.05) is 30.3 Å². The predicted octanol–water partition coefficient (Wildman–Crippen LogP) is 0.852. The number of piperazine rings is 1. The van der Waals surface area contributed by atoms with E-state index in [0.717, 1.165) is 39.1 Å². The molecule has 2 heterocycles. The van der Waals surface area contributed by atoms with E-state index in [1.807, 2.05) is 11.0 Å².